The molecule has 1 amide bonds. The summed E-state index contributed by atoms with van der Waals surface area (Å²) in [7, 11) is 0. The molecule has 1 aromatic rings. The number of anilines is 1. The highest BCUT2D eigenvalue weighted by atomic mass is 16.5. The average molecular weight is 238 g/mol. The summed E-state index contributed by atoms with van der Waals surface area (Å²) in [5, 5.41) is 6.23. The molecule has 1 heterocycles. The first-order chi connectivity index (χ1) is 8.13. The summed E-state index contributed by atoms with van der Waals surface area (Å²) in [4.78, 5) is 23.2. The van der Waals surface area contributed by atoms with Crippen LogP contribution in [0.2, 0.25) is 0 Å². The van der Waals surface area contributed by atoms with E-state index in [-0.39, 0.29) is 29.9 Å². The van der Waals surface area contributed by atoms with Crippen molar-refractivity contribution < 1.29 is 18.8 Å². The first-order valence-electron chi connectivity index (χ1n) is 5.57. The number of carbonyl (C=O) groups is 2. The summed E-state index contributed by atoms with van der Waals surface area (Å²) in [6.45, 7) is 3.60. The Morgan fingerprint density at radius 2 is 2.24 bits per heavy atom. The maximum absolute atomic E-state index is 11.6. The second kappa shape index (κ2) is 4.57. The lowest BCUT2D eigenvalue weighted by Crippen LogP contribution is -2.16. The molecule has 1 aliphatic carbocycles. The van der Waals surface area contributed by atoms with Crippen LogP contribution in [0.25, 0.3) is 0 Å². The van der Waals surface area contributed by atoms with Crippen molar-refractivity contribution in [2.24, 2.45) is 5.92 Å². The Morgan fingerprint density at radius 3 is 2.82 bits per heavy atom. The second-order valence-electron chi connectivity index (χ2n) is 3.96. The van der Waals surface area contributed by atoms with Crippen molar-refractivity contribution in [3.8, 4) is 0 Å². The molecule has 0 radical (unpaired) electrons. The number of ether oxygens (including phenoxy) is 1. The third-order valence-corrected chi connectivity index (χ3v) is 2.53. The molecule has 1 N–H and O–H groups in total. The fourth-order valence-corrected chi connectivity index (χ4v) is 1.46. The number of hydrogen-bond donors (Lipinski definition) is 1. The van der Waals surface area contributed by atoms with Crippen LogP contribution >= 0.6 is 0 Å². The Balaban J connectivity index is 2.15. The van der Waals surface area contributed by atoms with E-state index >= 15 is 0 Å². The molecule has 2 rings (SSSR count). The van der Waals surface area contributed by atoms with Gasteiger partial charge in [-0.3, -0.25) is 10.1 Å². The van der Waals surface area contributed by atoms with Crippen LogP contribution in [0.5, 0.6) is 0 Å². The molecule has 0 saturated heterocycles. The normalized spacial score (nSPS) is 14.5. The fraction of sp³-hybridized carbons (Fsp3) is 0.545. The molecule has 17 heavy (non-hydrogen) atoms. The number of esters is 1. The molecule has 0 aliphatic heterocycles. The number of nitrogens with zero attached hydrogens (tertiary/aromatic N) is 1. The van der Waals surface area contributed by atoms with E-state index in [0.717, 1.165) is 12.8 Å². The Labute approximate surface area is 98.3 Å². The molecule has 0 bridgehead atoms. The van der Waals surface area contributed by atoms with Crippen LogP contribution in [0.15, 0.2) is 4.52 Å². The Hall–Kier alpha value is -1.85. The predicted molar refractivity (Wildman–Crippen MR) is 58.6 cm³/mol. The quantitative estimate of drug-likeness (QED) is 0.804. The minimum Gasteiger partial charge on any atom is -0.462 e. The molecule has 1 fully saturated rings. The molecule has 1 aliphatic rings. The summed E-state index contributed by atoms with van der Waals surface area (Å²) in [5.74, 6) is -0.544. The van der Waals surface area contributed by atoms with Gasteiger partial charge in [0, 0.05) is 5.92 Å². The second-order valence-corrected chi connectivity index (χ2v) is 3.96. The number of rotatable bonds is 4. The Kier molecular flexibility index (Phi) is 3.12. The molecule has 1 aromatic heterocycles. The van der Waals surface area contributed by atoms with Crippen molar-refractivity contribution in [3.05, 3.63) is 11.3 Å². The van der Waals surface area contributed by atoms with Gasteiger partial charge in [-0.15, -0.1) is 0 Å². The van der Waals surface area contributed by atoms with Gasteiger partial charge in [0.15, 0.2) is 0 Å². The zero-order chi connectivity index (χ0) is 12.4. The van der Waals surface area contributed by atoms with Gasteiger partial charge < -0.3 is 9.26 Å². The lowest BCUT2D eigenvalue weighted by Gasteiger charge is -2.03. The summed E-state index contributed by atoms with van der Waals surface area (Å²) >= 11 is 0. The Morgan fingerprint density at radius 1 is 1.53 bits per heavy atom. The largest absolute Gasteiger partial charge is 0.462 e. The number of nitrogens with one attached hydrogen (secondary N) is 1. The molecular formula is C11H14N2O4. The van der Waals surface area contributed by atoms with Gasteiger partial charge in [-0.25, -0.2) is 4.79 Å². The van der Waals surface area contributed by atoms with Crippen molar-refractivity contribution in [1.29, 1.82) is 0 Å². The maximum atomic E-state index is 11.6. The maximum Gasteiger partial charge on any atom is 0.345 e. The SMILES string of the molecule is CCOC(=O)c1c(C)noc1NC(=O)C1CC1. The van der Waals surface area contributed by atoms with Gasteiger partial charge in [0.2, 0.25) is 11.8 Å². The van der Waals surface area contributed by atoms with Crippen LogP contribution in [0.1, 0.15) is 35.8 Å². The van der Waals surface area contributed by atoms with Crippen LogP contribution in [0.4, 0.5) is 5.88 Å². The number of amides is 1. The van der Waals surface area contributed by atoms with Crippen molar-refractivity contribution in [3.63, 3.8) is 0 Å². The van der Waals surface area contributed by atoms with E-state index in [9.17, 15) is 9.59 Å². The van der Waals surface area contributed by atoms with Gasteiger partial charge in [0.1, 0.15) is 5.56 Å². The molecule has 6 nitrogen and oxygen atoms in total. The van der Waals surface area contributed by atoms with E-state index in [1.807, 2.05) is 0 Å². The Bertz CT molecular complexity index is 448. The van der Waals surface area contributed by atoms with Crippen LogP contribution in [0, 0.1) is 12.8 Å². The lowest BCUT2D eigenvalue weighted by molar-refractivity contribution is -0.117. The minimum atomic E-state index is -0.530. The zero-order valence-corrected chi connectivity index (χ0v) is 9.78. The number of hydrogen-bond acceptors (Lipinski definition) is 5. The molecule has 92 valence electrons. The third-order valence-electron chi connectivity index (χ3n) is 2.53. The average Bonchev–Trinajstić information content (AvgIpc) is 3.05. The van der Waals surface area contributed by atoms with E-state index in [1.54, 1.807) is 13.8 Å². The first kappa shape index (κ1) is 11.6. The van der Waals surface area contributed by atoms with Gasteiger partial charge in [-0.2, -0.15) is 0 Å². The van der Waals surface area contributed by atoms with Crippen LogP contribution < -0.4 is 5.32 Å². The standard InChI is InChI=1S/C11H14N2O4/c1-3-16-11(15)8-6(2)13-17-10(8)12-9(14)7-4-5-7/h7H,3-5H2,1-2H3,(H,12,14). The lowest BCUT2D eigenvalue weighted by atomic mass is 10.2. The third kappa shape index (κ3) is 2.46. The number of aromatic nitrogens is 1. The fourth-order valence-electron chi connectivity index (χ4n) is 1.46. The molecule has 1 saturated carbocycles. The van der Waals surface area contributed by atoms with Crippen LogP contribution in [-0.4, -0.2) is 23.6 Å². The summed E-state index contributed by atoms with van der Waals surface area (Å²) in [6, 6.07) is 0. The van der Waals surface area contributed by atoms with Crippen molar-refractivity contribution in [2.45, 2.75) is 26.7 Å². The summed E-state index contributed by atoms with van der Waals surface area (Å²) < 4.78 is 9.80. The first-order valence-corrected chi connectivity index (χ1v) is 5.57. The topological polar surface area (TPSA) is 81.4 Å². The summed E-state index contributed by atoms with van der Waals surface area (Å²) in [6.07, 6.45) is 1.77. The number of carbonyl (C=O) groups excluding carboxylic acids is 2. The molecule has 0 atom stereocenters. The van der Waals surface area contributed by atoms with Gasteiger partial charge in [0.05, 0.1) is 12.3 Å². The van der Waals surface area contributed by atoms with E-state index in [2.05, 4.69) is 10.5 Å². The van der Waals surface area contributed by atoms with Crippen LogP contribution in [-0.2, 0) is 9.53 Å². The predicted octanol–water partition coefficient (Wildman–Crippen LogP) is 1.51. The molecule has 0 unspecified atom stereocenters. The van der Waals surface area contributed by atoms with Gasteiger partial charge >= 0.3 is 5.97 Å². The smallest absolute Gasteiger partial charge is 0.345 e. The van der Waals surface area contributed by atoms with Gasteiger partial charge in [0.25, 0.3) is 0 Å². The minimum absolute atomic E-state index is 0.0375. The van der Waals surface area contributed by atoms with E-state index in [0.29, 0.717) is 5.69 Å². The van der Waals surface area contributed by atoms with Crippen molar-refractivity contribution in [2.75, 3.05) is 11.9 Å². The van der Waals surface area contributed by atoms with Crippen molar-refractivity contribution >= 4 is 17.8 Å². The van der Waals surface area contributed by atoms with Crippen LogP contribution in [0.3, 0.4) is 0 Å². The van der Waals surface area contributed by atoms with Gasteiger partial charge in [-0.1, -0.05) is 5.16 Å². The van der Waals surface area contributed by atoms with E-state index in [4.69, 9.17) is 9.26 Å². The molecule has 0 aromatic carbocycles. The highest BCUT2D eigenvalue weighted by Crippen LogP contribution is 2.31. The monoisotopic (exact) mass is 238 g/mol. The molecular weight excluding hydrogens is 224 g/mol. The zero-order valence-electron chi connectivity index (χ0n) is 9.78. The highest BCUT2D eigenvalue weighted by molar-refractivity contribution is 6.01. The van der Waals surface area contributed by atoms with Crippen molar-refractivity contribution in [1.82, 2.24) is 5.16 Å². The van der Waals surface area contributed by atoms with Gasteiger partial charge in [-0.05, 0) is 26.7 Å². The molecule has 0 spiro atoms. The van der Waals surface area contributed by atoms with E-state index in [1.165, 1.54) is 0 Å². The summed E-state index contributed by atoms with van der Waals surface area (Å²) in [5.41, 5.74) is 0.607. The molecule has 6 heteroatoms. The number of aryl methyl sites for hydroxylation is 1. The highest BCUT2D eigenvalue weighted by Gasteiger charge is 2.32. The van der Waals surface area contributed by atoms with E-state index < -0.39 is 5.97 Å².